The summed E-state index contributed by atoms with van der Waals surface area (Å²) in [6.07, 6.45) is 3.57. The number of aromatic nitrogens is 1. The lowest BCUT2D eigenvalue weighted by Gasteiger charge is -2.39. The Morgan fingerprint density at radius 3 is 2.74 bits per heavy atom. The SMILES string of the molecule is C[C@H]1CN(C(=O)CSc2ccncc2)[C@H](c2ccccc2)CO1. The molecule has 120 valence electrons. The summed E-state index contributed by atoms with van der Waals surface area (Å²) < 4.78 is 5.78. The van der Waals surface area contributed by atoms with Crippen LogP contribution in [0.5, 0.6) is 0 Å². The van der Waals surface area contributed by atoms with Gasteiger partial charge in [0, 0.05) is 23.8 Å². The monoisotopic (exact) mass is 328 g/mol. The summed E-state index contributed by atoms with van der Waals surface area (Å²) in [7, 11) is 0. The van der Waals surface area contributed by atoms with E-state index in [2.05, 4.69) is 17.1 Å². The molecule has 0 saturated carbocycles. The van der Waals surface area contributed by atoms with Gasteiger partial charge in [0.25, 0.3) is 0 Å². The van der Waals surface area contributed by atoms with Crippen molar-refractivity contribution in [2.45, 2.75) is 24.0 Å². The minimum Gasteiger partial charge on any atom is -0.374 e. The van der Waals surface area contributed by atoms with Crippen molar-refractivity contribution in [1.29, 1.82) is 0 Å². The normalized spacial score (nSPS) is 21.2. The van der Waals surface area contributed by atoms with E-state index in [1.165, 1.54) is 0 Å². The summed E-state index contributed by atoms with van der Waals surface area (Å²) in [4.78, 5) is 19.8. The van der Waals surface area contributed by atoms with Gasteiger partial charge in [0.1, 0.15) is 0 Å². The molecule has 1 saturated heterocycles. The van der Waals surface area contributed by atoms with Crippen LogP contribution in [0.3, 0.4) is 0 Å². The molecule has 2 aromatic rings. The topological polar surface area (TPSA) is 42.4 Å². The van der Waals surface area contributed by atoms with Crippen LogP contribution in [0.25, 0.3) is 0 Å². The number of pyridine rings is 1. The molecule has 1 aliphatic heterocycles. The van der Waals surface area contributed by atoms with Gasteiger partial charge in [0.2, 0.25) is 5.91 Å². The molecular weight excluding hydrogens is 308 g/mol. The van der Waals surface area contributed by atoms with Crippen LogP contribution >= 0.6 is 11.8 Å². The summed E-state index contributed by atoms with van der Waals surface area (Å²) in [5, 5.41) is 0. The third-order valence-electron chi connectivity index (χ3n) is 3.89. The second-order valence-corrected chi connectivity index (χ2v) is 6.64. The lowest BCUT2D eigenvalue weighted by molar-refractivity contribution is -0.141. The highest BCUT2D eigenvalue weighted by Gasteiger charge is 2.31. The largest absolute Gasteiger partial charge is 0.374 e. The smallest absolute Gasteiger partial charge is 0.233 e. The molecule has 0 N–H and O–H groups in total. The van der Waals surface area contributed by atoms with E-state index in [1.807, 2.05) is 42.2 Å². The summed E-state index contributed by atoms with van der Waals surface area (Å²) in [6.45, 7) is 3.20. The molecule has 2 atom stereocenters. The molecule has 3 rings (SSSR count). The number of amides is 1. The van der Waals surface area contributed by atoms with Crippen molar-refractivity contribution >= 4 is 17.7 Å². The number of hydrogen-bond donors (Lipinski definition) is 0. The van der Waals surface area contributed by atoms with E-state index in [9.17, 15) is 4.79 Å². The molecule has 0 radical (unpaired) electrons. The molecule has 2 heterocycles. The zero-order valence-electron chi connectivity index (χ0n) is 13.1. The van der Waals surface area contributed by atoms with E-state index in [0.717, 1.165) is 10.5 Å². The molecule has 4 nitrogen and oxygen atoms in total. The molecular formula is C18H20N2O2S. The Hall–Kier alpha value is -1.85. The molecule has 1 aromatic heterocycles. The van der Waals surface area contributed by atoms with Gasteiger partial charge in [-0.3, -0.25) is 9.78 Å². The van der Waals surface area contributed by atoms with Crippen LogP contribution < -0.4 is 0 Å². The fourth-order valence-corrected chi connectivity index (χ4v) is 3.46. The number of morpholine rings is 1. The van der Waals surface area contributed by atoms with Crippen molar-refractivity contribution in [1.82, 2.24) is 9.88 Å². The number of benzene rings is 1. The van der Waals surface area contributed by atoms with E-state index in [4.69, 9.17) is 4.74 Å². The molecule has 0 bridgehead atoms. The molecule has 5 heteroatoms. The predicted molar refractivity (Wildman–Crippen MR) is 91.3 cm³/mol. The van der Waals surface area contributed by atoms with Crippen molar-refractivity contribution < 1.29 is 9.53 Å². The van der Waals surface area contributed by atoms with E-state index in [-0.39, 0.29) is 18.1 Å². The van der Waals surface area contributed by atoms with Gasteiger partial charge in [-0.05, 0) is 24.6 Å². The van der Waals surface area contributed by atoms with Crippen LogP contribution in [-0.2, 0) is 9.53 Å². The van der Waals surface area contributed by atoms with Crippen LogP contribution in [0, 0.1) is 0 Å². The lowest BCUT2D eigenvalue weighted by atomic mass is 10.0. The van der Waals surface area contributed by atoms with Crippen LogP contribution in [0.15, 0.2) is 59.8 Å². The minimum atomic E-state index is -0.00191. The maximum Gasteiger partial charge on any atom is 0.233 e. The molecule has 1 fully saturated rings. The van der Waals surface area contributed by atoms with Crippen molar-refractivity contribution in [2.24, 2.45) is 0 Å². The van der Waals surface area contributed by atoms with Gasteiger partial charge in [0.15, 0.2) is 0 Å². The second-order valence-electron chi connectivity index (χ2n) is 5.59. The molecule has 23 heavy (non-hydrogen) atoms. The quantitative estimate of drug-likeness (QED) is 0.809. The Morgan fingerprint density at radius 2 is 2.00 bits per heavy atom. The highest BCUT2D eigenvalue weighted by molar-refractivity contribution is 8.00. The number of carbonyl (C=O) groups is 1. The number of carbonyl (C=O) groups excluding carboxylic acids is 1. The molecule has 1 aromatic carbocycles. The minimum absolute atomic E-state index is 0.00191. The average Bonchev–Trinajstić information content (AvgIpc) is 2.61. The molecule has 1 amide bonds. The zero-order chi connectivity index (χ0) is 16.1. The lowest BCUT2D eigenvalue weighted by Crippen LogP contribution is -2.47. The zero-order valence-corrected chi connectivity index (χ0v) is 13.9. The number of rotatable bonds is 4. The maximum absolute atomic E-state index is 12.7. The molecule has 0 unspecified atom stereocenters. The van der Waals surface area contributed by atoms with Crippen molar-refractivity contribution in [3.63, 3.8) is 0 Å². The van der Waals surface area contributed by atoms with Crippen molar-refractivity contribution in [2.75, 3.05) is 18.9 Å². The highest BCUT2D eigenvalue weighted by atomic mass is 32.2. The predicted octanol–water partition coefficient (Wildman–Crippen LogP) is 3.16. The third kappa shape index (κ3) is 4.12. The summed E-state index contributed by atoms with van der Waals surface area (Å²) in [6, 6.07) is 14.0. The Labute approximate surface area is 140 Å². The van der Waals surface area contributed by atoms with Gasteiger partial charge in [-0.15, -0.1) is 11.8 Å². The summed E-state index contributed by atoms with van der Waals surface area (Å²) in [5.41, 5.74) is 1.13. The van der Waals surface area contributed by atoms with Gasteiger partial charge in [-0.25, -0.2) is 0 Å². The van der Waals surface area contributed by atoms with E-state index in [1.54, 1.807) is 24.2 Å². The first-order valence-corrected chi connectivity index (χ1v) is 8.71. The van der Waals surface area contributed by atoms with Gasteiger partial charge in [-0.2, -0.15) is 0 Å². The standard InChI is InChI=1S/C18H20N2O2S/c1-14-11-20(17(12-22-14)15-5-3-2-4-6-15)18(21)13-23-16-7-9-19-10-8-16/h2-10,14,17H,11-13H2,1H3/t14-,17-/m0/s1. The first-order valence-electron chi connectivity index (χ1n) is 7.73. The summed E-state index contributed by atoms with van der Waals surface area (Å²) >= 11 is 1.55. The number of ether oxygens (including phenoxy) is 1. The first-order chi connectivity index (χ1) is 11.2. The number of thioether (sulfide) groups is 1. The van der Waals surface area contributed by atoms with E-state index in [0.29, 0.717) is 18.9 Å². The Bertz CT molecular complexity index is 636. The molecule has 0 aliphatic carbocycles. The van der Waals surface area contributed by atoms with Crippen LogP contribution in [0.2, 0.25) is 0 Å². The van der Waals surface area contributed by atoms with Crippen molar-refractivity contribution in [3.05, 3.63) is 60.4 Å². The second kappa shape index (κ2) is 7.62. The van der Waals surface area contributed by atoms with Gasteiger partial charge in [0.05, 0.1) is 24.5 Å². The molecule has 0 spiro atoms. The number of nitrogens with zero attached hydrogens (tertiary/aromatic N) is 2. The Kier molecular flexibility index (Phi) is 5.31. The highest BCUT2D eigenvalue weighted by Crippen LogP contribution is 2.27. The fourth-order valence-electron chi connectivity index (χ4n) is 2.69. The average molecular weight is 328 g/mol. The van der Waals surface area contributed by atoms with Crippen LogP contribution in [-0.4, -0.2) is 40.8 Å². The van der Waals surface area contributed by atoms with Crippen LogP contribution in [0.1, 0.15) is 18.5 Å². The first kappa shape index (κ1) is 16.0. The van der Waals surface area contributed by atoms with Gasteiger partial charge >= 0.3 is 0 Å². The summed E-state index contributed by atoms with van der Waals surface area (Å²) in [5.74, 6) is 0.580. The maximum atomic E-state index is 12.7. The van der Waals surface area contributed by atoms with Gasteiger partial charge < -0.3 is 9.64 Å². The van der Waals surface area contributed by atoms with E-state index >= 15 is 0 Å². The number of hydrogen-bond acceptors (Lipinski definition) is 4. The van der Waals surface area contributed by atoms with Gasteiger partial charge in [-0.1, -0.05) is 30.3 Å². The Balaban J connectivity index is 1.70. The Morgan fingerprint density at radius 1 is 1.26 bits per heavy atom. The molecule has 1 aliphatic rings. The van der Waals surface area contributed by atoms with Crippen LogP contribution in [0.4, 0.5) is 0 Å². The third-order valence-corrected chi connectivity index (χ3v) is 4.88. The van der Waals surface area contributed by atoms with Crippen molar-refractivity contribution in [3.8, 4) is 0 Å². The van der Waals surface area contributed by atoms with E-state index < -0.39 is 0 Å². The fraction of sp³-hybridized carbons (Fsp3) is 0.333.